The summed E-state index contributed by atoms with van der Waals surface area (Å²) < 4.78 is 9.95. The molecular formula is C19H19NO6. The second-order valence-corrected chi connectivity index (χ2v) is 5.54. The van der Waals surface area contributed by atoms with E-state index in [0.29, 0.717) is 11.3 Å². The van der Waals surface area contributed by atoms with Crippen molar-refractivity contribution in [1.29, 1.82) is 0 Å². The Bertz CT molecular complexity index is 757. The fourth-order valence-electron chi connectivity index (χ4n) is 2.20. The molecule has 0 aliphatic carbocycles. The van der Waals surface area contributed by atoms with Gasteiger partial charge in [-0.05, 0) is 23.3 Å². The van der Waals surface area contributed by atoms with Crippen molar-refractivity contribution in [3.8, 4) is 5.75 Å². The molecule has 0 radical (unpaired) electrons. The van der Waals surface area contributed by atoms with Crippen molar-refractivity contribution >= 4 is 18.0 Å². The number of ether oxygens (including phenoxy) is 2. The Labute approximate surface area is 150 Å². The van der Waals surface area contributed by atoms with E-state index in [4.69, 9.17) is 9.47 Å². The van der Waals surface area contributed by atoms with Gasteiger partial charge in [0.2, 0.25) is 0 Å². The van der Waals surface area contributed by atoms with E-state index in [0.717, 1.165) is 5.56 Å². The summed E-state index contributed by atoms with van der Waals surface area (Å²) in [5.41, 5.74) is 1.47. The van der Waals surface area contributed by atoms with Gasteiger partial charge in [-0.25, -0.2) is 9.59 Å². The summed E-state index contributed by atoms with van der Waals surface area (Å²) in [4.78, 5) is 34.1. The third kappa shape index (κ3) is 6.27. The number of hydrogen-bond acceptors (Lipinski definition) is 5. The molecule has 0 spiro atoms. The molecule has 7 heteroatoms. The molecule has 1 amide bonds. The molecule has 0 bridgehead atoms. The number of esters is 1. The van der Waals surface area contributed by atoms with Crippen LogP contribution < -0.4 is 10.1 Å². The van der Waals surface area contributed by atoms with E-state index >= 15 is 0 Å². The van der Waals surface area contributed by atoms with E-state index in [1.165, 1.54) is 6.92 Å². The number of hydrogen-bond donors (Lipinski definition) is 2. The Kier molecular flexibility index (Phi) is 6.73. The predicted octanol–water partition coefficient (Wildman–Crippen LogP) is 2.53. The number of carboxylic acid groups (broad SMARTS) is 1. The number of carbonyl (C=O) groups excluding carboxylic acids is 2. The van der Waals surface area contributed by atoms with Gasteiger partial charge in [0, 0.05) is 13.3 Å². The first kappa shape index (κ1) is 19.0. The van der Waals surface area contributed by atoms with Crippen molar-refractivity contribution in [2.75, 3.05) is 0 Å². The van der Waals surface area contributed by atoms with E-state index in [2.05, 4.69) is 5.32 Å². The fraction of sp³-hybridized carbons (Fsp3) is 0.211. The van der Waals surface area contributed by atoms with Crippen LogP contribution in [0.4, 0.5) is 4.79 Å². The zero-order chi connectivity index (χ0) is 18.9. The smallest absolute Gasteiger partial charge is 0.408 e. The maximum atomic E-state index is 11.8. The van der Waals surface area contributed by atoms with Crippen molar-refractivity contribution < 1.29 is 29.0 Å². The number of rotatable bonds is 7. The van der Waals surface area contributed by atoms with E-state index in [9.17, 15) is 19.5 Å². The lowest BCUT2D eigenvalue weighted by molar-refractivity contribution is -0.139. The van der Waals surface area contributed by atoms with E-state index in [1.807, 2.05) is 18.2 Å². The van der Waals surface area contributed by atoms with Crippen molar-refractivity contribution in [2.24, 2.45) is 0 Å². The fourth-order valence-corrected chi connectivity index (χ4v) is 2.20. The molecule has 26 heavy (non-hydrogen) atoms. The minimum absolute atomic E-state index is 0.0517. The summed E-state index contributed by atoms with van der Waals surface area (Å²) in [7, 11) is 0. The molecule has 0 aliphatic heterocycles. The first-order valence-electron chi connectivity index (χ1n) is 7.91. The zero-order valence-corrected chi connectivity index (χ0v) is 14.2. The number of alkyl carbamates (subject to hydrolysis) is 1. The third-order valence-corrected chi connectivity index (χ3v) is 3.43. The standard InChI is InChI=1S/C19H19NO6/c1-13(21)26-16-9-7-14(8-10-16)11-17(18(22)23)20-19(24)25-12-15-5-3-2-4-6-15/h2-10,17H,11-12H2,1H3,(H,20,24)(H,22,23)/t17-/m0/s1. The molecule has 0 saturated carbocycles. The summed E-state index contributed by atoms with van der Waals surface area (Å²) in [6, 6.07) is 14.3. The average molecular weight is 357 g/mol. The number of benzene rings is 2. The Morgan fingerprint density at radius 1 is 1.00 bits per heavy atom. The largest absolute Gasteiger partial charge is 0.480 e. The highest BCUT2D eigenvalue weighted by Crippen LogP contribution is 2.14. The quantitative estimate of drug-likeness (QED) is 0.583. The van der Waals surface area contributed by atoms with Gasteiger partial charge in [0.15, 0.2) is 0 Å². The molecule has 7 nitrogen and oxygen atoms in total. The highest BCUT2D eigenvalue weighted by molar-refractivity contribution is 5.80. The molecule has 136 valence electrons. The average Bonchev–Trinajstić information content (AvgIpc) is 2.61. The van der Waals surface area contributed by atoms with E-state index < -0.39 is 24.1 Å². The first-order chi connectivity index (χ1) is 12.4. The molecule has 0 aliphatic rings. The summed E-state index contributed by atoms with van der Waals surface area (Å²) in [5, 5.41) is 11.6. The molecule has 2 aromatic rings. The van der Waals surface area contributed by atoms with Crippen LogP contribution >= 0.6 is 0 Å². The van der Waals surface area contributed by atoms with Crippen LogP contribution in [0.2, 0.25) is 0 Å². The van der Waals surface area contributed by atoms with Crippen LogP contribution in [-0.4, -0.2) is 29.2 Å². The Morgan fingerprint density at radius 2 is 1.65 bits per heavy atom. The third-order valence-electron chi connectivity index (χ3n) is 3.43. The van der Waals surface area contributed by atoms with Gasteiger partial charge in [0.1, 0.15) is 18.4 Å². The molecule has 0 fully saturated rings. The Hall–Kier alpha value is -3.35. The zero-order valence-electron chi connectivity index (χ0n) is 14.2. The number of amides is 1. The molecule has 1 atom stereocenters. The number of nitrogens with one attached hydrogen (secondary N) is 1. The molecule has 0 saturated heterocycles. The topological polar surface area (TPSA) is 102 Å². The highest BCUT2D eigenvalue weighted by Gasteiger charge is 2.21. The van der Waals surface area contributed by atoms with Crippen LogP contribution in [0.15, 0.2) is 54.6 Å². The lowest BCUT2D eigenvalue weighted by Gasteiger charge is -2.15. The van der Waals surface area contributed by atoms with Crippen LogP contribution in [0.5, 0.6) is 5.75 Å². The molecular weight excluding hydrogens is 338 g/mol. The van der Waals surface area contributed by atoms with Crippen LogP contribution in [0.3, 0.4) is 0 Å². The maximum Gasteiger partial charge on any atom is 0.408 e. The second kappa shape index (κ2) is 9.22. The van der Waals surface area contributed by atoms with Gasteiger partial charge in [0.25, 0.3) is 0 Å². The Balaban J connectivity index is 1.90. The molecule has 0 aromatic heterocycles. The van der Waals surface area contributed by atoms with E-state index in [-0.39, 0.29) is 13.0 Å². The minimum Gasteiger partial charge on any atom is -0.480 e. The summed E-state index contributed by atoms with van der Waals surface area (Å²) >= 11 is 0. The van der Waals surface area contributed by atoms with Gasteiger partial charge in [-0.2, -0.15) is 0 Å². The first-order valence-corrected chi connectivity index (χ1v) is 7.91. The SMILES string of the molecule is CC(=O)Oc1ccc(C[C@H](NC(=O)OCc2ccccc2)C(=O)O)cc1. The van der Waals surface area contributed by atoms with Crippen LogP contribution in [0.25, 0.3) is 0 Å². The Morgan fingerprint density at radius 3 is 2.23 bits per heavy atom. The number of carbonyl (C=O) groups is 3. The number of carboxylic acids is 1. The van der Waals surface area contributed by atoms with Crippen LogP contribution in [0.1, 0.15) is 18.1 Å². The van der Waals surface area contributed by atoms with Crippen molar-refractivity contribution in [2.45, 2.75) is 26.0 Å². The van der Waals surface area contributed by atoms with Gasteiger partial charge in [0.05, 0.1) is 0 Å². The van der Waals surface area contributed by atoms with Crippen molar-refractivity contribution in [3.05, 3.63) is 65.7 Å². The van der Waals surface area contributed by atoms with Crippen molar-refractivity contribution in [1.82, 2.24) is 5.32 Å². The molecule has 0 unspecified atom stereocenters. The summed E-state index contributed by atoms with van der Waals surface area (Å²) in [5.74, 6) is -1.25. The van der Waals surface area contributed by atoms with Crippen molar-refractivity contribution in [3.63, 3.8) is 0 Å². The number of aliphatic carboxylic acids is 1. The van der Waals surface area contributed by atoms with Crippen LogP contribution in [0, 0.1) is 0 Å². The molecule has 2 rings (SSSR count). The van der Waals surface area contributed by atoms with Gasteiger partial charge >= 0.3 is 18.0 Å². The monoisotopic (exact) mass is 357 g/mol. The van der Waals surface area contributed by atoms with Gasteiger partial charge in [-0.3, -0.25) is 4.79 Å². The normalized spacial score (nSPS) is 11.3. The highest BCUT2D eigenvalue weighted by atomic mass is 16.5. The molecule has 0 heterocycles. The van der Waals surface area contributed by atoms with E-state index in [1.54, 1.807) is 36.4 Å². The minimum atomic E-state index is -1.18. The summed E-state index contributed by atoms with van der Waals surface area (Å²) in [6.07, 6.45) is -0.742. The maximum absolute atomic E-state index is 11.8. The lowest BCUT2D eigenvalue weighted by Crippen LogP contribution is -2.42. The lowest BCUT2D eigenvalue weighted by atomic mass is 10.1. The molecule has 2 aromatic carbocycles. The van der Waals surface area contributed by atoms with Crippen LogP contribution in [-0.2, 0) is 27.4 Å². The van der Waals surface area contributed by atoms with Gasteiger partial charge < -0.3 is 19.9 Å². The summed E-state index contributed by atoms with van der Waals surface area (Å²) in [6.45, 7) is 1.34. The van der Waals surface area contributed by atoms with Gasteiger partial charge in [-0.1, -0.05) is 42.5 Å². The molecule has 2 N–H and O–H groups in total. The van der Waals surface area contributed by atoms with Gasteiger partial charge in [-0.15, -0.1) is 0 Å². The second-order valence-electron chi connectivity index (χ2n) is 5.54. The predicted molar refractivity (Wildman–Crippen MR) is 92.6 cm³/mol.